The molecule has 5 nitrogen and oxygen atoms in total. The van der Waals surface area contributed by atoms with Crippen LogP contribution in [0.5, 0.6) is 5.75 Å². The summed E-state index contributed by atoms with van der Waals surface area (Å²) >= 11 is 0. The van der Waals surface area contributed by atoms with Gasteiger partial charge in [-0.2, -0.15) is 0 Å². The summed E-state index contributed by atoms with van der Waals surface area (Å²) in [5.41, 5.74) is 3.10. The molecule has 1 unspecified atom stereocenters. The molecule has 1 heterocycles. The number of nitrogens with zero attached hydrogens (tertiary/aromatic N) is 1. The Hall–Kier alpha value is -2.28. The van der Waals surface area contributed by atoms with Crippen molar-refractivity contribution in [3.8, 4) is 5.75 Å². The van der Waals surface area contributed by atoms with Gasteiger partial charge in [0.05, 0.1) is 13.2 Å². The fraction of sp³-hybridized carbons (Fsp3) is 0.440. The first kappa shape index (κ1) is 23.4. The number of aldehydes is 1. The minimum atomic E-state index is -1.84. The zero-order valence-electron chi connectivity index (χ0n) is 19.2. The molecule has 166 valence electrons. The molecule has 0 bridgehead atoms. The van der Waals surface area contributed by atoms with Crippen LogP contribution in [0.4, 0.5) is 0 Å². The van der Waals surface area contributed by atoms with Gasteiger partial charge in [0.15, 0.2) is 6.29 Å². The molecule has 0 saturated heterocycles. The lowest BCUT2D eigenvalue weighted by Crippen LogP contribution is -2.43. The van der Waals surface area contributed by atoms with E-state index in [1.807, 2.05) is 53.4 Å². The number of ketones is 1. The summed E-state index contributed by atoms with van der Waals surface area (Å²) in [6.45, 7) is 13.4. The van der Waals surface area contributed by atoms with Crippen molar-refractivity contribution in [2.45, 2.75) is 58.1 Å². The number of hydrogen-bond donors (Lipinski definition) is 0. The summed E-state index contributed by atoms with van der Waals surface area (Å²) in [5, 5.41) is 0.160. The van der Waals surface area contributed by atoms with E-state index in [9.17, 15) is 9.59 Å². The Morgan fingerprint density at radius 1 is 1.13 bits per heavy atom. The number of carbonyl (C=O) groups is 2. The third-order valence-corrected chi connectivity index (χ3v) is 10.7. The number of Topliss-reactive ketones (excluding diaryl/α,β-unsaturated/α-hetero) is 1. The molecule has 3 rings (SSSR count). The Labute approximate surface area is 186 Å². The molecule has 0 N–H and O–H groups in total. The number of hydrogen-bond acceptors (Lipinski definition) is 5. The summed E-state index contributed by atoms with van der Waals surface area (Å²) in [6.07, 6.45) is 0.425. The Morgan fingerprint density at radius 3 is 2.45 bits per heavy atom. The van der Waals surface area contributed by atoms with E-state index in [-0.39, 0.29) is 5.04 Å². The van der Waals surface area contributed by atoms with Gasteiger partial charge in [0, 0.05) is 13.1 Å². The molecule has 31 heavy (non-hydrogen) atoms. The van der Waals surface area contributed by atoms with Crippen LogP contribution >= 0.6 is 0 Å². The minimum absolute atomic E-state index is 0.160. The SMILES string of the molecule is CC(C)(C)[Si](C)(C)Oc1ccc(COCCN2Cc3ccccc3C2C(=O)C=O)cc1. The van der Waals surface area contributed by atoms with E-state index in [0.717, 1.165) is 22.4 Å². The Bertz CT molecular complexity index is 918. The van der Waals surface area contributed by atoms with Crippen LogP contribution in [0, 0.1) is 0 Å². The maximum Gasteiger partial charge on any atom is 0.250 e. The van der Waals surface area contributed by atoms with Gasteiger partial charge in [-0.1, -0.05) is 57.2 Å². The average Bonchev–Trinajstić information content (AvgIpc) is 3.09. The van der Waals surface area contributed by atoms with Crippen LogP contribution in [0.15, 0.2) is 48.5 Å². The van der Waals surface area contributed by atoms with Crippen molar-refractivity contribution in [1.82, 2.24) is 4.90 Å². The van der Waals surface area contributed by atoms with Crippen LogP contribution in [-0.4, -0.2) is 38.4 Å². The van der Waals surface area contributed by atoms with Crippen molar-refractivity contribution in [3.63, 3.8) is 0 Å². The average molecular weight is 440 g/mol. The molecular formula is C25H33NO4Si. The highest BCUT2D eigenvalue weighted by Gasteiger charge is 2.39. The first-order valence-corrected chi connectivity index (χ1v) is 13.7. The second-order valence-electron chi connectivity index (χ2n) is 9.65. The van der Waals surface area contributed by atoms with Gasteiger partial charge in [0.25, 0.3) is 0 Å². The molecule has 0 amide bonds. The highest BCUT2D eigenvalue weighted by molar-refractivity contribution is 6.74. The molecule has 6 heteroatoms. The summed E-state index contributed by atoms with van der Waals surface area (Å²) in [5.74, 6) is 0.502. The molecule has 2 aromatic rings. The van der Waals surface area contributed by atoms with Gasteiger partial charge in [0.2, 0.25) is 14.1 Å². The molecule has 2 aromatic carbocycles. The van der Waals surface area contributed by atoms with Crippen molar-refractivity contribution >= 4 is 20.4 Å². The van der Waals surface area contributed by atoms with E-state index in [4.69, 9.17) is 9.16 Å². The van der Waals surface area contributed by atoms with Crippen LogP contribution in [0.2, 0.25) is 18.1 Å². The molecule has 0 spiro atoms. The lowest BCUT2D eigenvalue weighted by Gasteiger charge is -2.36. The third kappa shape index (κ3) is 5.50. The van der Waals surface area contributed by atoms with Gasteiger partial charge >= 0.3 is 0 Å². The number of benzene rings is 2. The van der Waals surface area contributed by atoms with Crippen molar-refractivity contribution < 1.29 is 18.8 Å². The van der Waals surface area contributed by atoms with Crippen molar-refractivity contribution in [2.24, 2.45) is 0 Å². The summed E-state index contributed by atoms with van der Waals surface area (Å²) in [4.78, 5) is 25.3. The van der Waals surface area contributed by atoms with Crippen molar-refractivity contribution in [3.05, 3.63) is 65.2 Å². The van der Waals surface area contributed by atoms with Gasteiger partial charge in [-0.3, -0.25) is 14.5 Å². The second-order valence-corrected chi connectivity index (χ2v) is 14.4. The topological polar surface area (TPSA) is 55.8 Å². The first-order chi connectivity index (χ1) is 14.6. The van der Waals surface area contributed by atoms with Gasteiger partial charge in [0.1, 0.15) is 11.8 Å². The maximum absolute atomic E-state index is 12.2. The van der Waals surface area contributed by atoms with E-state index >= 15 is 0 Å². The van der Waals surface area contributed by atoms with Gasteiger partial charge in [-0.05, 0) is 47.0 Å². The van der Waals surface area contributed by atoms with Crippen LogP contribution in [0.3, 0.4) is 0 Å². The number of rotatable bonds is 9. The fourth-order valence-corrected chi connectivity index (χ4v) is 4.56. The van der Waals surface area contributed by atoms with E-state index in [1.165, 1.54) is 0 Å². The molecule has 0 saturated carbocycles. The predicted octanol–water partition coefficient (Wildman–Crippen LogP) is 4.91. The Balaban J connectivity index is 1.51. The number of carbonyl (C=O) groups excluding carboxylic acids is 2. The van der Waals surface area contributed by atoms with Crippen molar-refractivity contribution in [2.75, 3.05) is 13.2 Å². The lowest BCUT2D eigenvalue weighted by molar-refractivity contribution is -0.133. The monoisotopic (exact) mass is 439 g/mol. The highest BCUT2D eigenvalue weighted by atomic mass is 28.4. The summed E-state index contributed by atoms with van der Waals surface area (Å²) < 4.78 is 12.2. The van der Waals surface area contributed by atoms with Crippen LogP contribution < -0.4 is 4.43 Å². The molecule has 1 aliphatic rings. The lowest BCUT2D eigenvalue weighted by atomic mass is 10.0. The third-order valence-electron chi connectivity index (χ3n) is 6.37. The van der Waals surface area contributed by atoms with Gasteiger partial charge < -0.3 is 9.16 Å². The molecule has 0 fully saturated rings. The Morgan fingerprint density at radius 2 is 1.81 bits per heavy atom. The zero-order valence-corrected chi connectivity index (χ0v) is 20.2. The van der Waals surface area contributed by atoms with Gasteiger partial charge in [-0.15, -0.1) is 0 Å². The normalized spacial score (nSPS) is 16.7. The number of ether oxygens (including phenoxy) is 1. The van der Waals surface area contributed by atoms with E-state index in [1.54, 1.807) is 0 Å². The molecule has 0 radical (unpaired) electrons. The van der Waals surface area contributed by atoms with E-state index in [0.29, 0.717) is 32.6 Å². The number of fused-ring (bicyclic) bond motifs is 1. The Kier molecular flexibility index (Phi) is 7.14. The van der Waals surface area contributed by atoms with Crippen molar-refractivity contribution in [1.29, 1.82) is 0 Å². The second kappa shape index (κ2) is 9.47. The van der Waals surface area contributed by atoms with E-state index in [2.05, 4.69) is 33.9 Å². The quantitative estimate of drug-likeness (QED) is 0.240. The molecule has 0 aliphatic carbocycles. The van der Waals surface area contributed by atoms with E-state index < -0.39 is 20.1 Å². The van der Waals surface area contributed by atoms with Crippen LogP contribution in [0.1, 0.15) is 43.5 Å². The first-order valence-electron chi connectivity index (χ1n) is 10.8. The molecule has 0 aromatic heterocycles. The summed E-state index contributed by atoms with van der Waals surface area (Å²) in [6, 6.07) is 15.4. The molecule has 1 aliphatic heterocycles. The summed E-state index contributed by atoms with van der Waals surface area (Å²) in [7, 11) is -1.84. The smallest absolute Gasteiger partial charge is 0.250 e. The maximum atomic E-state index is 12.2. The highest BCUT2D eigenvalue weighted by Crippen LogP contribution is 2.37. The standard InChI is InChI=1S/C25H33NO4Si/c1-25(2,3)31(4,5)30-21-12-10-19(11-13-21)18-29-15-14-26-16-20-8-6-7-9-22(20)24(26)23(28)17-27/h6-13,17,24H,14-16,18H2,1-5H3. The van der Waals surface area contributed by atoms with Crippen LogP contribution in [0.25, 0.3) is 0 Å². The minimum Gasteiger partial charge on any atom is -0.544 e. The largest absolute Gasteiger partial charge is 0.544 e. The fourth-order valence-electron chi connectivity index (χ4n) is 3.53. The molecule has 1 atom stereocenters. The zero-order chi connectivity index (χ0) is 22.6. The van der Waals surface area contributed by atoms with Gasteiger partial charge in [-0.25, -0.2) is 0 Å². The predicted molar refractivity (Wildman–Crippen MR) is 125 cm³/mol. The van der Waals surface area contributed by atoms with Crippen LogP contribution in [-0.2, 0) is 27.5 Å². The molecular weight excluding hydrogens is 406 g/mol.